The summed E-state index contributed by atoms with van der Waals surface area (Å²) in [7, 11) is 1.62. The van der Waals surface area contributed by atoms with E-state index in [0.29, 0.717) is 12.3 Å². The van der Waals surface area contributed by atoms with E-state index in [2.05, 4.69) is 4.98 Å². The lowest BCUT2D eigenvalue weighted by atomic mass is 10.0. The smallest absolute Gasteiger partial charge is 0.197 e. The van der Waals surface area contributed by atoms with Gasteiger partial charge in [-0.2, -0.15) is 0 Å². The molecule has 86 valence electrons. The first-order valence-electron chi connectivity index (χ1n) is 5.21. The fourth-order valence-electron chi connectivity index (χ4n) is 1.60. The summed E-state index contributed by atoms with van der Waals surface area (Å²) in [6.07, 6.45) is 0.602. The third kappa shape index (κ3) is 2.17. The van der Waals surface area contributed by atoms with Crippen LogP contribution in [-0.4, -0.2) is 17.6 Å². The van der Waals surface area contributed by atoms with Crippen molar-refractivity contribution in [1.29, 1.82) is 0 Å². The Morgan fingerprint density at radius 1 is 1.44 bits per heavy atom. The van der Waals surface area contributed by atoms with Gasteiger partial charge in [-0.05, 0) is 26.0 Å². The number of methoxy groups -OCH3 is 1. The minimum Gasteiger partial charge on any atom is -0.494 e. The maximum atomic E-state index is 5.93. The molecule has 0 fully saturated rings. The minimum atomic E-state index is -0.325. The van der Waals surface area contributed by atoms with E-state index >= 15 is 0 Å². The summed E-state index contributed by atoms with van der Waals surface area (Å²) in [5.41, 5.74) is 7.09. The molecule has 2 N–H and O–H groups in total. The van der Waals surface area contributed by atoms with Gasteiger partial charge in [0.1, 0.15) is 5.75 Å². The Morgan fingerprint density at radius 2 is 2.19 bits per heavy atom. The predicted octanol–water partition coefficient (Wildman–Crippen LogP) is 2.12. The number of hydrogen-bond donors (Lipinski definition) is 1. The Hall–Kier alpha value is -1.55. The molecule has 0 radical (unpaired) electrons. The maximum absolute atomic E-state index is 5.93. The van der Waals surface area contributed by atoms with Gasteiger partial charge in [0.25, 0.3) is 0 Å². The van der Waals surface area contributed by atoms with Crippen molar-refractivity contribution in [3.05, 3.63) is 24.1 Å². The molecule has 4 heteroatoms. The van der Waals surface area contributed by atoms with Crippen LogP contribution >= 0.6 is 0 Å². The zero-order chi connectivity index (χ0) is 11.8. The van der Waals surface area contributed by atoms with E-state index in [1.54, 1.807) is 7.11 Å². The molecule has 0 amide bonds. The number of para-hydroxylation sites is 1. The first kappa shape index (κ1) is 11.0. The molecule has 0 aliphatic rings. The fraction of sp³-hybridized carbons (Fsp3) is 0.417. The van der Waals surface area contributed by atoms with E-state index in [9.17, 15) is 0 Å². The summed E-state index contributed by atoms with van der Waals surface area (Å²) < 4.78 is 10.8. The van der Waals surface area contributed by atoms with Crippen LogP contribution in [0.25, 0.3) is 11.1 Å². The number of rotatable bonds is 3. The normalized spacial score (nSPS) is 12.0. The fourth-order valence-corrected chi connectivity index (χ4v) is 1.60. The summed E-state index contributed by atoms with van der Waals surface area (Å²) in [5.74, 6) is 1.37. The van der Waals surface area contributed by atoms with Gasteiger partial charge < -0.3 is 14.9 Å². The zero-order valence-corrected chi connectivity index (χ0v) is 9.78. The summed E-state index contributed by atoms with van der Waals surface area (Å²) in [5, 5.41) is 0. The molecule has 16 heavy (non-hydrogen) atoms. The molecule has 2 aromatic rings. The highest BCUT2D eigenvalue weighted by Gasteiger charge is 2.17. The third-order valence-corrected chi connectivity index (χ3v) is 2.25. The Bertz CT molecular complexity index is 497. The number of nitrogens with two attached hydrogens (primary N) is 1. The molecule has 2 rings (SSSR count). The summed E-state index contributed by atoms with van der Waals surface area (Å²) in [6.45, 7) is 3.89. The van der Waals surface area contributed by atoms with Gasteiger partial charge in [-0.3, -0.25) is 0 Å². The highest BCUT2D eigenvalue weighted by molar-refractivity contribution is 5.79. The van der Waals surface area contributed by atoms with Gasteiger partial charge in [0.05, 0.1) is 7.11 Å². The van der Waals surface area contributed by atoms with E-state index < -0.39 is 0 Å². The van der Waals surface area contributed by atoms with Gasteiger partial charge >= 0.3 is 0 Å². The summed E-state index contributed by atoms with van der Waals surface area (Å²) in [6, 6.07) is 5.61. The van der Waals surface area contributed by atoms with Crippen LogP contribution in [0.4, 0.5) is 0 Å². The van der Waals surface area contributed by atoms with E-state index in [-0.39, 0.29) is 5.54 Å². The SMILES string of the molecule is COc1cccc2oc(CC(C)(C)N)nc12. The summed E-state index contributed by atoms with van der Waals surface area (Å²) >= 11 is 0. The highest BCUT2D eigenvalue weighted by Crippen LogP contribution is 2.26. The molecule has 0 atom stereocenters. The van der Waals surface area contributed by atoms with Crippen molar-refractivity contribution in [1.82, 2.24) is 4.98 Å². The number of nitrogens with zero attached hydrogens (tertiary/aromatic N) is 1. The van der Waals surface area contributed by atoms with Gasteiger partial charge in [0.2, 0.25) is 0 Å². The molecule has 1 heterocycles. The van der Waals surface area contributed by atoms with Crippen LogP contribution in [0.3, 0.4) is 0 Å². The van der Waals surface area contributed by atoms with Gasteiger partial charge in [-0.15, -0.1) is 0 Å². The van der Waals surface area contributed by atoms with Crippen LogP contribution in [0.2, 0.25) is 0 Å². The zero-order valence-electron chi connectivity index (χ0n) is 9.78. The maximum Gasteiger partial charge on any atom is 0.197 e. The molecule has 0 bridgehead atoms. The van der Waals surface area contributed by atoms with Crippen molar-refractivity contribution >= 4 is 11.1 Å². The Labute approximate surface area is 94.4 Å². The average molecular weight is 220 g/mol. The second-order valence-electron chi connectivity index (χ2n) is 4.58. The number of oxazole rings is 1. The van der Waals surface area contributed by atoms with Crippen molar-refractivity contribution in [3.8, 4) is 5.75 Å². The molecule has 0 spiro atoms. The second kappa shape index (κ2) is 3.79. The van der Waals surface area contributed by atoms with Crippen LogP contribution < -0.4 is 10.5 Å². The topological polar surface area (TPSA) is 61.3 Å². The molecule has 0 saturated heterocycles. The van der Waals surface area contributed by atoms with Crippen LogP contribution in [0.5, 0.6) is 5.75 Å². The molecule has 1 aromatic heterocycles. The lowest BCUT2D eigenvalue weighted by Crippen LogP contribution is -2.34. The van der Waals surface area contributed by atoms with Crippen LogP contribution in [0, 0.1) is 0 Å². The minimum absolute atomic E-state index is 0.325. The first-order chi connectivity index (χ1) is 7.49. The monoisotopic (exact) mass is 220 g/mol. The van der Waals surface area contributed by atoms with Crippen molar-refractivity contribution in [2.75, 3.05) is 7.11 Å². The molecule has 1 aromatic carbocycles. The number of benzene rings is 1. The largest absolute Gasteiger partial charge is 0.494 e. The predicted molar refractivity (Wildman–Crippen MR) is 62.5 cm³/mol. The van der Waals surface area contributed by atoms with E-state index in [1.165, 1.54) is 0 Å². The van der Waals surface area contributed by atoms with Crippen LogP contribution in [0.1, 0.15) is 19.7 Å². The standard InChI is InChI=1S/C12H16N2O2/c1-12(2,13)7-10-14-11-8(15-3)5-4-6-9(11)16-10/h4-6H,7,13H2,1-3H3. The average Bonchev–Trinajstić information content (AvgIpc) is 2.56. The number of fused-ring (bicyclic) bond motifs is 1. The Kier molecular flexibility index (Phi) is 2.59. The van der Waals surface area contributed by atoms with Gasteiger partial charge in [-0.1, -0.05) is 6.07 Å². The van der Waals surface area contributed by atoms with Gasteiger partial charge in [0.15, 0.2) is 17.0 Å². The molecule has 0 aliphatic carbocycles. The molecular formula is C12H16N2O2. The van der Waals surface area contributed by atoms with Crippen LogP contribution in [-0.2, 0) is 6.42 Å². The number of aromatic nitrogens is 1. The van der Waals surface area contributed by atoms with Crippen molar-refractivity contribution in [2.45, 2.75) is 25.8 Å². The Balaban J connectivity index is 2.44. The molecule has 0 aliphatic heterocycles. The third-order valence-electron chi connectivity index (χ3n) is 2.25. The molecular weight excluding hydrogens is 204 g/mol. The van der Waals surface area contributed by atoms with Gasteiger partial charge in [-0.25, -0.2) is 4.98 Å². The lowest BCUT2D eigenvalue weighted by Gasteiger charge is -2.14. The first-order valence-corrected chi connectivity index (χ1v) is 5.21. The van der Waals surface area contributed by atoms with E-state index in [0.717, 1.165) is 16.8 Å². The van der Waals surface area contributed by atoms with Gasteiger partial charge in [0, 0.05) is 12.0 Å². The highest BCUT2D eigenvalue weighted by atomic mass is 16.5. The van der Waals surface area contributed by atoms with E-state index in [1.807, 2.05) is 32.0 Å². The van der Waals surface area contributed by atoms with Crippen molar-refractivity contribution in [2.24, 2.45) is 5.73 Å². The second-order valence-corrected chi connectivity index (χ2v) is 4.58. The number of hydrogen-bond acceptors (Lipinski definition) is 4. The Morgan fingerprint density at radius 3 is 2.81 bits per heavy atom. The van der Waals surface area contributed by atoms with Crippen molar-refractivity contribution < 1.29 is 9.15 Å². The van der Waals surface area contributed by atoms with Crippen molar-refractivity contribution in [3.63, 3.8) is 0 Å². The van der Waals surface area contributed by atoms with E-state index in [4.69, 9.17) is 14.9 Å². The molecule has 0 saturated carbocycles. The summed E-state index contributed by atoms with van der Waals surface area (Å²) in [4.78, 5) is 4.40. The lowest BCUT2D eigenvalue weighted by molar-refractivity contribution is 0.419. The van der Waals surface area contributed by atoms with Crippen LogP contribution in [0.15, 0.2) is 22.6 Å². The molecule has 4 nitrogen and oxygen atoms in total. The molecule has 0 unspecified atom stereocenters. The number of ether oxygens (including phenoxy) is 1. The quantitative estimate of drug-likeness (QED) is 0.860.